The van der Waals surface area contributed by atoms with Gasteiger partial charge in [0.1, 0.15) is 16.7 Å². The first-order valence-electron chi connectivity index (χ1n) is 14.0. The van der Waals surface area contributed by atoms with Crippen molar-refractivity contribution in [1.29, 1.82) is 0 Å². The number of likely N-dealkylation sites (tertiary alicyclic amines) is 1. The molecule has 40 heavy (non-hydrogen) atoms. The largest absolute Gasteiger partial charge is 0.490 e. The maximum atomic E-state index is 15.5. The standard InChI is InChI=1S/C29H33ClF2N2O5S/c1-2-13-34-20-5-6-21(34)16-33(15-20)28(35)39-22-11-12-29(40(36,37)23-7-3-19(30)4-8-23)18(14-22)17-38-27-25(32)10-9-24(31)26(27)29/h3-4,7-10,18,20-22H,2,5-6,11-17H2,1H3/t18-,20?,21?,22-,29+/m1/s1. The van der Waals surface area contributed by atoms with Gasteiger partial charge < -0.3 is 14.4 Å². The zero-order valence-corrected chi connectivity index (χ0v) is 23.9. The van der Waals surface area contributed by atoms with Gasteiger partial charge in [-0.15, -0.1) is 0 Å². The number of halogens is 3. The van der Waals surface area contributed by atoms with Crippen LogP contribution in [-0.2, 0) is 19.3 Å². The number of hydrogen-bond acceptors (Lipinski definition) is 6. The van der Waals surface area contributed by atoms with Crippen LogP contribution in [0.3, 0.4) is 0 Å². The van der Waals surface area contributed by atoms with Gasteiger partial charge in [-0.3, -0.25) is 4.90 Å². The zero-order valence-electron chi connectivity index (χ0n) is 22.3. The Bertz CT molecular complexity index is 1390. The third-order valence-electron chi connectivity index (χ3n) is 9.20. The smallest absolute Gasteiger partial charge is 0.410 e. The second kappa shape index (κ2) is 10.4. The van der Waals surface area contributed by atoms with E-state index in [9.17, 15) is 17.6 Å². The molecule has 2 aromatic carbocycles. The number of amides is 1. The van der Waals surface area contributed by atoms with Crippen molar-refractivity contribution in [3.05, 3.63) is 58.6 Å². The normalized spacial score (nSPS) is 29.9. The highest BCUT2D eigenvalue weighted by Crippen LogP contribution is 2.57. The third kappa shape index (κ3) is 4.38. The summed E-state index contributed by atoms with van der Waals surface area (Å²) in [5.74, 6) is -2.79. The van der Waals surface area contributed by atoms with Crippen LogP contribution in [0.1, 0.15) is 51.0 Å². The summed E-state index contributed by atoms with van der Waals surface area (Å²) in [7, 11) is -4.25. The summed E-state index contributed by atoms with van der Waals surface area (Å²) in [6.45, 7) is 4.26. The SMILES string of the molecule is CCCN1C2CCC1CN(C(=O)O[C@@H]1CC[C@@]3(S(=O)(=O)c4ccc(Cl)cc4)c4c(F)ccc(F)c4OC[C@H]3C1)C2. The van der Waals surface area contributed by atoms with Gasteiger partial charge in [0.25, 0.3) is 0 Å². The van der Waals surface area contributed by atoms with E-state index in [1.165, 1.54) is 24.3 Å². The van der Waals surface area contributed by atoms with Gasteiger partial charge in [0.15, 0.2) is 21.4 Å². The van der Waals surface area contributed by atoms with E-state index >= 15 is 4.39 Å². The monoisotopic (exact) mass is 594 g/mol. The van der Waals surface area contributed by atoms with Crippen molar-refractivity contribution in [3.8, 4) is 5.75 Å². The van der Waals surface area contributed by atoms with Crippen LogP contribution in [0, 0.1) is 17.6 Å². The lowest BCUT2D eigenvalue weighted by atomic mass is 9.72. The molecule has 0 radical (unpaired) electrons. The summed E-state index contributed by atoms with van der Waals surface area (Å²) in [5.41, 5.74) is -0.285. The molecule has 11 heteroatoms. The van der Waals surface area contributed by atoms with Crippen molar-refractivity contribution in [1.82, 2.24) is 9.80 Å². The Labute approximate surface area is 238 Å². The Kier molecular flexibility index (Phi) is 7.24. The molecule has 2 aromatic rings. The van der Waals surface area contributed by atoms with E-state index in [0.717, 1.165) is 37.9 Å². The molecule has 2 saturated heterocycles. The third-order valence-corrected chi connectivity index (χ3v) is 12.0. The number of rotatable bonds is 5. The fourth-order valence-electron chi connectivity index (χ4n) is 7.39. The average molecular weight is 595 g/mol. The molecule has 1 saturated carbocycles. The predicted octanol–water partition coefficient (Wildman–Crippen LogP) is 5.54. The zero-order chi connectivity index (χ0) is 28.2. The van der Waals surface area contributed by atoms with Crippen molar-refractivity contribution >= 4 is 27.5 Å². The minimum absolute atomic E-state index is 0.0331. The van der Waals surface area contributed by atoms with Gasteiger partial charge in [-0.05, 0) is 81.5 Å². The minimum Gasteiger partial charge on any atom is -0.490 e. The molecule has 0 spiro atoms. The number of carbonyl (C=O) groups is 1. The average Bonchev–Trinajstić information content (AvgIpc) is 3.16. The Hall–Kier alpha value is -2.43. The van der Waals surface area contributed by atoms with Crippen LogP contribution in [0.2, 0.25) is 5.02 Å². The first-order valence-corrected chi connectivity index (χ1v) is 15.8. The molecular formula is C29H33ClF2N2O5S. The summed E-state index contributed by atoms with van der Waals surface area (Å²) in [4.78, 5) is 17.5. The summed E-state index contributed by atoms with van der Waals surface area (Å²) in [6.07, 6.45) is 2.50. The fraction of sp³-hybridized carbons (Fsp3) is 0.552. The minimum atomic E-state index is -4.25. The summed E-state index contributed by atoms with van der Waals surface area (Å²) >= 11 is 6.01. The molecule has 3 aliphatic heterocycles. The van der Waals surface area contributed by atoms with Gasteiger partial charge in [-0.25, -0.2) is 22.0 Å². The van der Waals surface area contributed by atoms with Gasteiger partial charge in [-0.1, -0.05) is 18.5 Å². The van der Waals surface area contributed by atoms with E-state index in [2.05, 4.69) is 11.8 Å². The van der Waals surface area contributed by atoms with Crippen LogP contribution in [0.5, 0.6) is 5.75 Å². The molecular weight excluding hydrogens is 562 g/mol. The molecule has 3 fully saturated rings. The number of carbonyl (C=O) groups excluding carboxylic acids is 1. The Morgan fingerprint density at radius 1 is 1.07 bits per heavy atom. The topological polar surface area (TPSA) is 76.2 Å². The van der Waals surface area contributed by atoms with Crippen LogP contribution in [0.15, 0.2) is 41.3 Å². The van der Waals surface area contributed by atoms with Crippen molar-refractivity contribution < 1.29 is 31.5 Å². The van der Waals surface area contributed by atoms with Gasteiger partial charge in [-0.2, -0.15) is 0 Å². The van der Waals surface area contributed by atoms with E-state index in [1.807, 2.05) is 0 Å². The quantitative estimate of drug-likeness (QED) is 0.452. The molecule has 7 nitrogen and oxygen atoms in total. The van der Waals surface area contributed by atoms with Crippen LogP contribution in [-0.4, -0.2) is 68.7 Å². The fourth-order valence-corrected chi connectivity index (χ4v) is 9.88. The number of sulfone groups is 1. The molecule has 0 aromatic heterocycles. The van der Waals surface area contributed by atoms with Gasteiger partial charge in [0.05, 0.1) is 17.1 Å². The lowest BCUT2D eigenvalue weighted by Gasteiger charge is -2.49. The van der Waals surface area contributed by atoms with Crippen molar-refractivity contribution in [2.45, 2.75) is 73.3 Å². The first-order chi connectivity index (χ1) is 19.2. The number of piperazine rings is 1. The highest BCUT2D eigenvalue weighted by Gasteiger charge is 2.60. The first kappa shape index (κ1) is 27.7. The number of benzene rings is 2. The Morgan fingerprint density at radius 3 is 2.42 bits per heavy atom. The van der Waals surface area contributed by atoms with Gasteiger partial charge >= 0.3 is 6.09 Å². The van der Waals surface area contributed by atoms with E-state index in [1.54, 1.807) is 4.90 Å². The summed E-state index contributed by atoms with van der Waals surface area (Å²) in [5, 5.41) is 0.359. The summed E-state index contributed by atoms with van der Waals surface area (Å²) in [6, 6.07) is 8.23. The predicted molar refractivity (Wildman–Crippen MR) is 145 cm³/mol. The molecule has 0 N–H and O–H groups in total. The number of nitrogens with zero attached hydrogens (tertiary/aromatic N) is 2. The maximum Gasteiger partial charge on any atom is 0.410 e. The van der Waals surface area contributed by atoms with E-state index in [4.69, 9.17) is 21.1 Å². The second-order valence-corrected chi connectivity index (χ2v) is 14.0. The Balaban J connectivity index is 1.28. The van der Waals surface area contributed by atoms with Gasteiger partial charge in [0.2, 0.25) is 0 Å². The second-order valence-electron chi connectivity index (χ2n) is 11.4. The van der Waals surface area contributed by atoms with Gasteiger partial charge in [0, 0.05) is 36.1 Å². The molecule has 216 valence electrons. The lowest BCUT2D eigenvalue weighted by Crippen LogP contribution is -2.56. The molecule has 5 atom stereocenters. The van der Waals surface area contributed by atoms with Crippen molar-refractivity contribution in [2.75, 3.05) is 26.2 Å². The molecule has 3 heterocycles. The van der Waals surface area contributed by atoms with Crippen molar-refractivity contribution in [2.24, 2.45) is 5.92 Å². The molecule has 2 bridgehead atoms. The van der Waals surface area contributed by atoms with Crippen LogP contribution in [0.25, 0.3) is 0 Å². The van der Waals surface area contributed by atoms with Crippen LogP contribution >= 0.6 is 11.6 Å². The molecule has 1 aliphatic carbocycles. The molecule has 6 rings (SSSR count). The Morgan fingerprint density at radius 2 is 1.75 bits per heavy atom. The van der Waals surface area contributed by atoms with E-state index in [0.29, 0.717) is 30.2 Å². The summed E-state index contributed by atoms with van der Waals surface area (Å²) < 4.78 is 68.8. The van der Waals surface area contributed by atoms with Crippen LogP contribution in [0.4, 0.5) is 13.6 Å². The number of fused-ring (bicyclic) bond motifs is 5. The lowest BCUT2D eigenvalue weighted by molar-refractivity contribution is -0.00757. The van der Waals surface area contributed by atoms with E-state index in [-0.39, 0.29) is 42.1 Å². The van der Waals surface area contributed by atoms with Crippen molar-refractivity contribution in [3.63, 3.8) is 0 Å². The maximum absolute atomic E-state index is 15.5. The molecule has 2 unspecified atom stereocenters. The highest BCUT2D eigenvalue weighted by atomic mass is 35.5. The number of ether oxygens (including phenoxy) is 2. The van der Waals surface area contributed by atoms with Crippen LogP contribution < -0.4 is 4.74 Å². The van der Waals surface area contributed by atoms with E-state index < -0.39 is 44.3 Å². The number of hydrogen-bond donors (Lipinski definition) is 0. The molecule has 1 amide bonds. The molecule has 4 aliphatic rings. The highest BCUT2D eigenvalue weighted by molar-refractivity contribution is 7.92.